The van der Waals surface area contributed by atoms with Crippen LogP contribution in [0.5, 0.6) is 0 Å². The first kappa shape index (κ1) is 18.2. The van der Waals surface area contributed by atoms with Gasteiger partial charge in [-0.2, -0.15) is 0 Å². The highest BCUT2D eigenvalue weighted by atomic mass is 19.1. The highest BCUT2D eigenvalue weighted by Gasteiger charge is 2.18. The number of ether oxygens (including phenoxy) is 1. The van der Waals surface area contributed by atoms with Gasteiger partial charge in [0.2, 0.25) is 0 Å². The van der Waals surface area contributed by atoms with Crippen LogP contribution in [0.3, 0.4) is 0 Å². The van der Waals surface area contributed by atoms with Gasteiger partial charge < -0.3 is 20.3 Å². The Morgan fingerprint density at radius 1 is 1.00 bits per heavy atom. The number of aliphatic imine (C=N–C) groups is 1. The van der Waals surface area contributed by atoms with Crippen LogP contribution in [-0.4, -0.2) is 50.2 Å². The molecule has 0 aliphatic carbocycles. The molecular formula is C20H25FN4O. The number of nitrogens with zero attached hydrogens (tertiary/aromatic N) is 3. The average molecular weight is 356 g/mol. The molecule has 1 heterocycles. The number of halogens is 1. The maximum Gasteiger partial charge on any atom is 0.191 e. The molecule has 1 saturated heterocycles. The second-order valence-electron chi connectivity index (χ2n) is 6.23. The second kappa shape index (κ2) is 9.20. The molecule has 2 aromatic rings. The third-order valence-corrected chi connectivity index (χ3v) is 4.42. The van der Waals surface area contributed by atoms with Gasteiger partial charge in [0.25, 0.3) is 0 Å². The lowest BCUT2D eigenvalue weighted by Gasteiger charge is -2.36. The third kappa shape index (κ3) is 5.20. The first-order valence-corrected chi connectivity index (χ1v) is 8.89. The van der Waals surface area contributed by atoms with E-state index in [9.17, 15) is 4.39 Å². The fourth-order valence-electron chi connectivity index (χ4n) is 2.93. The Hall–Kier alpha value is -2.60. The van der Waals surface area contributed by atoms with E-state index in [-0.39, 0.29) is 5.82 Å². The third-order valence-electron chi connectivity index (χ3n) is 4.42. The zero-order chi connectivity index (χ0) is 18.2. The van der Waals surface area contributed by atoms with Crippen molar-refractivity contribution < 1.29 is 9.13 Å². The Kier molecular flexibility index (Phi) is 6.44. The van der Waals surface area contributed by atoms with E-state index in [2.05, 4.69) is 14.8 Å². The molecule has 0 atom stereocenters. The van der Waals surface area contributed by atoms with E-state index in [0.29, 0.717) is 25.7 Å². The highest BCUT2D eigenvalue weighted by molar-refractivity contribution is 5.78. The lowest BCUT2D eigenvalue weighted by molar-refractivity contribution is 0.128. The number of nitrogens with two attached hydrogens (primary N) is 1. The van der Waals surface area contributed by atoms with Crippen molar-refractivity contribution in [1.82, 2.24) is 4.90 Å². The molecule has 138 valence electrons. The van der Waals surface area contributed by atoms with Gasteiger partial charge in [0.05, 0.1) is 19.8 Å². The van der Waals surface area contributed by atoms with Crippen LogP contribution in [0.25, 0.3) is 0 Å². The molecular weight excluding hydrogens is 331 g/mol. The van der Waals surface area contributed by atoms with E-state index < -0.39 is 0 Å². The Morgan fingerprint density at radius 3 is 2.38 bits per heavy atom. The van der Waals surface area contributed by atoms with Crippen LogP contribution >= 0.6 is 0 Å². The molecule has 0 amide bonds. The van der Waals surface area contributed by atoms with E-state index >= 15 is 0 Å². The van der Waals surface area contributed by atoms with Gasteiger partial charge in [-0.3, -0.25) is 4.99 Å². The molecule has 1 aliphatic rings. The van der Waals surface area contributed by atoms with Gasteiger partial charge in [-0.05, 0) is 29.8 Å². The smallest absolute Gasteiger partial charge is 0.191 e. The lowest BCUT2D eigenvalue weighted by atomic mass is 10.2. The predicted molar refractivity (Wildman–Crippen MR) is 103 cm³/mol. The number of hydrogen-bond donors (Lipinski definition) is 1. The quantitative estimate of drug-likeness (QED) is 0.491. The molecule has 0 aromatic heterocycles. The monoisotopic (exact) mass is 356 g/mol. The normalized spacial score (nSPS) is 15.3. The van der Waals surface area contributed by atoms with Crippen LogP contribution < -0.4 is 10.6 Å². The Bertz CT molecular complexity index is 698. The SMILES string of the molecule is NC(=NCCOCc1ccccc1)N1CCN(c2ccc(F)cc2)CC1. The summed E-state index contributed by atoms with van der Waals surface area (Å²) < 4.78 is 18.6. The maximum atomic E-state index is 13.0. The molecule has 0 spiro atoms. The van der Waals surface area contributed by atoms with Crippen LogP contribution in [-0.2, 0) is 11.3 Å². The number of rotatable bonds is 6. The molecule has 5 nitrogen and oxygen atoms in total. The van der Waals surface area contributed by atoms with Crippen LogP contribution in [0.4, 0.5) is 10.1 Å². The first-order chi connectivity index (χ1) is 12.7. The molecule has 3 rings (SSSR count). The Balaban J connectivity index is 1.38. The molecule has 0 saturated carbocycles. The predicted octanol–water partition coefficient (Wildman–Crippen LogP) is 2.48. The van der Waals surface area contributed by atoms with Gasteiger partial charge in [0.15, 0.2) is 5.96 Å². The molecule has 0 unspecified atom stereocenters. The van der Waals surface area contributed by atoms with E-state index in [1.807, 2.05) is 42.5 Å². The number of guanidine groups is 1. The highest BCUT2D eigenvalue weighted by Crippen LogP contribution is 2.16. The summed E-state index contributed by atoms with van der Waals surface area (Å²) in [6, 6.07) is 16.7. The van der Waals surface area contributed by atoms with Gasteiger partial charge in [-0.1, -0.05) is 30.3 Å². The summed E-state index contributed by atoms with van der Waals surface area (Å²) in [6.45, 7) is 4.97. The first-order valence-electron chi connectivity index (χ1n) is 8.89. The maximum absolute atomic E-state index is 13.0. The minimum absolute atomic E-state index is 0.210. The molecule has 1 aliphatic heterocycles. The van der Waals surface area contributed by atoms with Crippen molar-refractivity contribution in [2.24, 2.45) is 10.7 Å². The molecule has 6 heteroatoms. The molecule has 2 aromatic carbocycles. The lowest BCUT2D eigenvalue weighted by Crippen LogP contribution is -2.51. The second-order valence-corrected chi connectivity index (χ2v) is 6.23. The van der Waals surface area contributed by atoms with Gasteiger partial charge in [-0.15, -0.1) is 0 Å². The summed E-state index contributed by atoms with van der Waals surface area (Å²) in [5.41, 5.74) is 8.29. The summed E-state index contributed by atoms with van der Waals surface area (Å²) >= 11 is 0. The van der Waals surface area contributed by atoms with Gasteiger partial charge >= 0.3 is 0 Å². The summed E-state index contributed by atoms with van der Waals surface area (Å²) in [5, 5.41) is 0. The summed E-state index contributed by atoms with van der Waals surface area (Å²) in [7, 11) is 0. The summed E-state index contributed by atoms with van der Waals surface area (Å²) in [4.78, 5) is 8.72. The average Bonchev–Trinajstić information content (AvgIpc) is 2.69. The molecule has 0 bridgehead atoms. The van der Waals surface area contributed by atoms with Crippen molar-refractivity contribution >= 4 is 11.6 Å². The summed E-state index contributed by atoms with van der Waals surface area (Å²) in [5.74, 6) is 0.352. The van der Waals surface area contributed by atoms with Crippen LogP contribution in [0, 0.1) is 5.82 Å². The zero-order valence-electron chi connectivity index (χ0n) is 14.9. The topological polar surface area (TPSA) is 54.1 Å². The number of piperazine rings is 1. The van der Waals surface area contributed by atoms with E-state index in [1.165, 1.54) is 12.1 Å². The zero-order valence-corrected chi connectivity index (χ0v) is 14.9. The number of benzene rings is 2. The minimum atomic E-state index is -0.210. The van der Waals surface area contributed by atoms with Crippen molar-refractivity contribution in [1.29, 1.82) is 0 Å². The van der Waals surface area contributed by atoms with Crippen molar-refractivity contribution in [3.05, 3.63) is 66.0 Å². The van der Waals surface area contributed by atoms with Crippen molar-refractivity contribution in [3.8, 4) is 0 Å². The molecule has 2 N–H and O–H groups in total. The molecule has 26 heavy (non-hydrogen) atoms. The molecule has 1 fully saturated rings. The van der Waals surface area contributed by atoms with E-state index in [0.717, 1.165) is 37.4 Å². The standard InChI is InChI=1S/C20H25FN4O/c21-18-6-8-19(9-7-18)24-11-13-25(14-12-24)20(22)23-10-15-26-16-17-4-2-1-3-5-17/h1-9H,10-16H2,(H2,22,23). The van der Waals surface area contributed by atoms with Crippen molar-refractivity contribution in [2.75, 3.05) is 44.2 Å². The van der Waals surface area contributed by atoms with Gasteiger partial charge in [0.1, 0.15) is 5.82 Å². The van der Waals surface area contributed by atoms with Crippen LogP contribution in [0.1, 0.15) is 5.56 Å². The minimum Gasteiger partial charge on any atom is -0.375 e. The summed E-state index contributed by atoms with van der Waals surface area (Å²) in [6.07, 6.45) is 0. The largest absolute Gasteiger partial charge is 0.375 e. The van der Waals surface area contributed by atoms with E-state index in [4.69, 9.17) is 10.5 Å². The van der Waals surface area contributed by atoms with Gasteiger partial charge in [0, 0.05) is 31.9 Å². The van der Waals surface area contributed by atoms with Crippen molar-refractivity contribution in [2.45, 2.75) is 6.61 Å². The fraction of sp³-hybridized carbons (Fsp3) is 0.350. The van der Waals surface area contributed by atoms with Crippen molar-refractivity contribution in [3.63, 3.8) is 0 Å². The molecule has 0 radical (unpaired) electrons. The number of anilines is 1. The van der Waals surface area contributed by atoms with Gasteiger partial charge in [-0.25, -0.2) is 4.39 Å². The van der Waals surface area contributed by atoms with Crippen LogP contribution in [0.2, 0.25) is 0 Å². The Labute approximate surface area is 153 Å². The number of hydrogen-bond acceptors (Lipinski definition) is 3. The van der Waals surface area contributed by atoms with E-state index in [1.54, 1.807) is 0 Å². The fourth-order valence-corrected chi connectivity index (χ4v) is 2.93. The van der Waals surface area contributed by atoms with Crippen LogP contribution in [0.15, 0.2) is 59.6 Å². The Morgan fingerprint density at radius 2 is 1.69 bits per heavy atom.